The third-order valence-corrected chi connectivity index (χ3v) is 4.07. The molecule has 1 spiro atoms. The molecule has 104 valence electrons. The summed E-state index contributed by atoms with van der Waals surface area (Å²) in [6.45, 7) is 4.19. The molecule has 3 rings (SSSR count). The summed E-state index contributed by atoms with van der Waals surface area (Å²) in [5.74, 6) is -0.282. The van der Waals surface area contributed by atoms with Crippen LogP contribution in [0.4, 0.5) is 5.69 Å². The standard InChI is InChI=1S/C15H22N2O2/c16-8-5-13-1-3-14(4-2-13)17-9-6-15(7-10-17)18-11-12-19-15/h1-4H,5-12,16H2. The van der Waals surface area contributed by atoms with Crippen molar-refractivity contribution in [1.82, 2.24) is 0 Å². The Hall–Kier alpha value is -1.10. The van der Waals surface area contributed by atoms with Crippen molar-refractivity contribution in [3.63, 3.8) is 0 Å². The number of ether oxygens (including phenoxy) is 2. The minimum atomic E-state index is -0.282. The molecule has 0 amide bonds. The first-order valence-corrected chi connectivity index (χ1v) is 7.13. The molecule has 0 radical (unpaired) electrons. The molecule has 1 aromatic rings. The molecular weight excluding hydrogens is 240 g/mol. The fraction of sp³-hybridized carbons (Fsp3) is 0.600. The van der Waals surface area contributed by atoms with E-state index in [1.807, 2.05) is 0 Å². The normalized spacial score (nSPS) is 22.1. The molecule has 2 aliphatic heterocycles. The van der Waals surface area contributed by atoms with Gasteiger partial charge in [-0.1, -0.05) is 12.1 Å². The van der Waals surface area contributed by atoms with Gasteiger partial charge in [-0.3, -0.25) is 0 Å². The number of hydrogen-bond acceptors (Lipinski definition) is 4. The van der Waals surface area contributed by atoms with Gasteiger partial charge in [-0.15, -0.1) is 0 Å². The van der Waals surface area contributed by atoms with Crippen LogP contribution in [0.15, 0.2) is 24.3 Å². The van der Waals surface area contributed by atoms with Gasteiger partial charge in [-0.2, -0.15) is 0 Å². The summed E-state index contributed by atoms with van der Waals surface area (Å²) < 4.78 is 11.5. The minimum absolute atomic E-state index is 0.282. The first-order chi connectivity index (χ1) is 9.31. The summed E-state index contributed by atoms with van der Waals surface area (Å²) in [4.78, 5) is 2.41. The lowest BCUT2D eigenvalue weighted by Crippen LogP contribution is -2.45. The quantitative estimate of drug-likeness (QED) is 0.897. The van der Waals surface area contributed by atoms with Crippen LogP contribution in [-0.2, 0) is 15.9 Å². The van der Waals surface area contributed by atoms with E-state index in [2.05, 4.69) is 29.2 Å². The number of rotatable bonds is 3. The molecule has 0 unspecified atom stereocenters. The van der Waals surface area contributed by atoms with Crippen LogP contribution in [0.3, 0.4) is 0 Å². The van der Waals surface area contributed by atoms with Crippen molar-refractivity contribution in [2.75, 3.05) is 37.7 Å². The molecule has 1 aromatic carbocycles. The highest BCUT2D eigenvalue weighted by Gasteiger charge is 2.39. The van der Waals surface area contributed by atoms with Gasteiger partial charge in [-0.05, 0) is 30.7 Å². The van der Waals surface area contributed by atoms with E-state index in [4.69, 9.17) is 15.2 Å². The van der Waals surface area contributed by atoms with Crippen molar-refractivity contribution in [3.8, 4) is 0 Å². The number of hydrogen-bond donors (Lipinski definition) is 1. The predicted molar refractivity (Wildman–Crippen MR) is 75.3 cm³/mol. The second-order valence-electron chi connectivity index (χ2n) is 5.30. The lowest BCUT2D eigenvalue weighted by molar-refractivity contribution is -0.169. The Morgan fingerprint density at radius 2 is 1.68 bits per heavy atom. The average Bonchev–Trinajstić information content (AvgIpc) is 2.90. The molecule has 2 aliphatic rings. The molecule has 2 saturated heterocycles. The fourth-order valence-electron chi connectivity index (χ4n) is 2.93. The summed E-state index contributed by atoms with van der Waals surface area (Å²) in [7, 11) is 0. The van der Waals surface area contributed by atoms with Crippen molar-refractivity contribution in [1.29, 1.82) is 0 Å². The zero-order chi connectivity index (χ0) is 13.1. The van der Waals surface area contributed by atoms with Crippen LogP contribution >= 0.6 is 0 Å². The highest BCUT2D eigenvalue weighted by Crippen LogP contribution is 2.33. The maximum Gasteiger partial charge on any atom is 0.171 e. The Balaban J connectivity index is 1.61. The zero-order valence-electron chi connectivity index (χ0n) is 11.3. The Morgan fingerprint density at radius 3 is 2.26 bits per heavy atom. The van der Waals surface area contributed by atoms with E-state index in [-0.39, 0.29) is 5.79 Å². The molecule has 2 heterocycles. The molecule has 2 fully saturated rings. The maximum atomic E-state index is 5.75. The van der Waals surface area contributed by atoms with Gasteiger partial charge in [0, 0.05) is 31.6 Å². The summed E-state index contributed by atoms with van der Waals surface area (Å²) in [5, 5.41) is 0. The van der Waals surface area contributed by atoms with E-state index < -0.39 is 0 Å². The van der Waals surface area contributed by atoms with E-state index in [9.17, 15) is 0 Å². The zero-order valence-corrected chi connectivity index (χ0v) is 11.3. The fourth-order valence-corrected chi connectivity index (χ4v) is 2.93. The first-order valence-electron chi connectivity index (χ1n) is 7.13. The maximum absolute atomic E-state index is 5.75. The van der Waals surface area contributed by atoms with Crippen LogP contribution in [0.5, 0.6) is 0 Å². The second-order valence-corrected chi connectivity index (χ2v) is 5.30. The third-order valence-electron chi connectivity index (χ3n) is 4.07. The van der Waals surface area contributed by atoms with Crippen LogP contribution in [0, 0.1) is 0 Å². The lowest BCUT2D eigenvalue weighted by Gasteiger charge is -2.38. The van der Waals surface area contributed by atoms with Crippen LogP contribution in [0.2, 0.25) is 0 Å². The van der Waals surface area contributed by atoms with Gasteiger partial charge >= 0.3 is 0 Å². The third kappa shape index (κ3) is 2.76. The average molecular weight is 262 g/mol. The molecule has 0 bridgehead atoms. The highest BCUT2D eigenvalue weighted by molar-refractivity contribution is 5.48. The van der Waals surface area contributed by atoms with E-state index in [1.54, 1.807) is 0 Å². The predicted octanol–water partition coefficient (Wildman–Crippen LogP) is 1.53. The Morgan fingerprint density at radius 1 is 1.05 bits per heavy atom. The Kier molecular flexibility index (Phi) is 3.73. The van der Waals surface area contributed by atoms with Gasteiger partial charge < -0.3 is 20.1 Å². The molecule has 0 aliphatic carbocycles. The van der Waals surface area contributed by atoms with Crippen molar-refractivity contribution in [2.24, 2.45) is 5.73 Å². The molecule has 0 aromatic heterocycles. The molecule has 0 atom stereocenters. The van der Waals surface area contributed by atoms with Crippen LogP contribution in [0.1, 0.15) is 18.4 Å². The smallest absolute Gasteiger partial charge is 0.171 e. The number of anilines is 1. The Bertz CT molecular complexity index is 403. The van der Waals surface area contributed by atoms with Gasteiger partial charge in [-0.25, -0.2) is 0 Å². The Labute approximate surface area is 114 Å². The lowest BCUT2D eigenvalue weighted by atomic mass is 10.0. The number of benzene rings is 1. The molecule has 4 heteroatoms. The van der Waals surface area contributed by atoms with E-state index in [1.165, 1.54) is 11.3 Å². The van der Waals surface area contributed by atoms with Crippen LogP contribution in [-0.4, -0.2) is 38.6 Å². The molecular formula is C15H22N2O2. The second kappa shape index (κ2) is 5.49. The van der Waals surface area contributed by atoms with E-state index in [0.29, 0.717) is 6.54 Å². The van der Waals surface area contributed by atoms with Crippen molar-refractivity contribution < 1.29 is 9.47 Å². The molecule has 19 heavy (non-hydrogen) atoms. The summed E-state index contributed by atoms with van der Waals surface area (Å²) in [6.07, 6.45) is 2.86. The van der Waals surface area contributed by atoms with Gasteiger partial charge in [0.25, 0.3) is 0 Å². The highest BCUT2D eigenvalue weighted by atomic mass is 16.7. The SMILES string of the molecule is NCCc1ccc(N2CCC3(CC2)OCCO3)cc1. The van der Waals surface area contributed by atoms with E-state index in [0.717, 1.165) is 45.6 Å². The molecule has 4 nitrogen and oxygen atoms in total. The largest absolute Gasteiger partial charge is 0.371 e. The molecule has 2 N–H and O–H groups in total. The first kappa shape index (κ1) is 12.9. The van der Waals surface area contributed by atoms with E-state index >= 15 is 0 Å². The number of nitrogens with two attached hydrogens (primary N) is 1. The monoisotopic (exact) mass is 262 g/mol. The number of nitrogens with zero attached hydrogens (tertiary/aromatic N) is 1. The van der Waals surface area contributed by atoms with Gasteiger partial charge in [0.2, 0.25) is 0 Å². The number of piperidine rings is 1. The summed E-state index contributed by atoms with van der Waals surface area (Å²) in [6, 6.07) is 8.74. The van der Waals surface area contributed by atoms with Crippen LogP contribution < -0.4 is 10.6 Å². The molecule has 0 saturated carbocycles. The van der Waals surface area contributed by atoms with Gasteiger partial charge in [0.05, 0.1) is 13.2 Å². The van der Waals surface area contributed by atoms with Gasteiger partial charge in [0.15, 0.2) is 5.79 Å². The summed E-state index contributed by atoms with van der Waals surface area (Å²) in [5.41, 5.74) is 8.16. The van der Waals surface area contributed by atoms with Crippen molar-refractivity contribution in [2.45, 2.75) is 25.0 Å². The topological polar surface area (TPSA) is 47.7 Å². The summed E-state index contributed by atoms with van der Waals surface area (Å²) >= 11 is 0. The van der Waals surface area contributed by atoms with Crippen LogP contribution in [0.25, 0.3) is 0 Å². The van der Waals surface area contributed by atoms with Gasteiger partial charge in [0.1, 0.15) is 0 Å². The van der Waals surface area contributed by atoms with Crippen molar-refractivity contribution >= 4 is 5.69 Å². The van der Waals surface area contributed by atoms with Crippen molar-refractivity contribution in [3.05, 3.63) is 29.8 Å². The minimum Gasteiger partial charge on any atom is -0.371 e.